The van der Waals surface area contributed by atoms with Gasteiger partial charge < -0.3 is 0 Å². The first-order valence-corrected chi connectivity index (χ1v) is 11.5. The van der Waals surface area contributed by atoms with Crippen molar-refractivity contribution in [3.63, 3.8) is 0 Å². The maximum Gasteiger partial charge on any atom is 0.234 e. The van der Waals surface area contributed by atoms with Crippen molar-refractivity contribution >= 4 is 28.9 Å². The molecule has 4 aromatic heterocycles. The first-order chi connectivity index (χ1) is 14.7. The van der Waals surface area contributed by atoms with Crippen molar-refractivity contribution in [2.24, 2.45) is 0 Å². The van der Waals surface area contributed by atoms with Crippen LogP contribution in [0.15, 0.2) is 65.3 Å². The van der Waals surface area contributed by atoms with E-state index in [9.17, 15) is 0 Å². The molecule has 0 radical (unpaired) electrons. The molecule has 1 aromatic carbocycles. The Hall–Kier alpha value is -2.97. The fourth-order valence-corrected chi connectivity index (χ4v) is 5.00. The molecule has 150 valence electrons. The van der Waals surface area contributed by atoms with E-state index in [1.54, 1.807) is 23.1 Å². The second-order valence-electron chi connectivity index (χ2n) is 7.06. The predicted molar refractivity (Wildman–Crippen MR) is 121 cm³/mol. The molecule has 8 heteroatoms. The van der Waals surface area contributed by atoms with Gasteiger partial charge in [0, 0.05) is 40.3 Å². The number of thiophene rings is 1. The highest BCUT2D eigenvalue weighted by molar-refractivity contribution is 7.98. The van der Waals surface area contributed by atoms with Crippen LogP contribution in [0.25, 0.3) is 11.5 Å². The molecular formula is C22H20N6S2. The Morgan fingerprint density at radius 2 is 1.87 bits per heavy atom. The van der Waals surface area contributed by atoms with Gasteiger partial charge in [-0.25, -0.2) is 9.97 Å². The zero-order valence-electron chi connectivity index (χ0n) is 16.7. The van der Waals surface area contributed by atoms with Crippen LogP contribution in [0, 0.1) is 13.8 Å². The highest BCUT2D eigenvalue weighted by atomic mass is 32.2. The SMILES string of the molecule is Cc1cc(C)n2cc(CSc3nnc(Cc4cccs4)n3-c3ccccc3)nc2n1. The van der Waals surface area contributed by atoms with Crippen molar-refractivity contribution in [2.75, 3.05) is 0 Å². The number of hydrogen-bond donors (Lipinski definition) is 0. The van der Waals surface area contributed by atoms with Crippen LogP contribution < -0.4 is 0 Å². The van der Waals surface area contributed by atoms with E-state index >= 15 is 0 Å². The van der Waals surface area contributed by atoms with E-state index in [0.29, 0.717) is 5.75 Å². The number of thioether (sulfide) groups is 1. The van der Waals surface area contributed by atoms with Gasteiger partial charge in [-0.1, -0.05) is 36.0 Å². The van der Waals surface area contributed by atoms with Crippen LogP contribution in [-0.2, 0) is 12.2 Å². The molecule has 0 N–H and O–H groups in total. The topological polar surface area (TPSA) is 60.9 Å². The monoisotopic (exact) mass is 432 g/mol. The van der Waals surface area contributed by atoms with E-state index in [2.05, 4.69) is 68.6 Å². The molecule has 0 aliphatic rings. The Kier molecular flexibility index (Phi) is 5.10. The number of fused-ring (bicyclic) bond motifs is 1. The summed E-state index contributed by atoms with van der Waals surface area (Å²) in [5, 5.41) is 12.0. The van der Waals surface area contributed by atoms with E-state index in [-0.39, 0.29) is 0 Å². The third kappa shape index (κ3) is 3.76. The van der Waals surface area contributed by atoms with Gasteiger partial charge in [-0.2, -0.15) is 0 Å². The molecule has 0 spiro atoms. The van der Waals surface area contributed by atoms with Crippen LogP contribution in [-0.4, -0.2) is 29.1 Å². The molecule has 5 aromatic rings. The number of nitrogens with zero attached hydrogens (tertiary/aromatic N) is 6. The fraction of sp³-hybridized carbons (Fsp3) is 0.182. The minimum Gasteiger partial charge on any atom is -0.288 e. The van der Waals surface area contributed by atoms with Gasteiger partial charge in [0.25, 0.3) is 0 Å². The summed E-state index contributed by atoms with van der Waals surface area (Å²) in [5.41, 5.74) is 4.15. The summed E-state index contributed by atoms with van der Waals surface area (Å²) in [5.74, 6) is 2.38. The van der Waals surface area contributed by atoms with Crippen LogP contribution in [0.2, 0.25) is 0 Å². The average molecular weight is 433 g/mol. The summed E-state index contributed by atoms with van der Waals surface area (Å²) in [7, 11) is 0. The first kappa shape index (κ1) is 19.0. The maximum atomic E-state index is 4.69. The van der Waals surface area contributed by atoms with E-state index in [0.717, 1.165) is 45.9 Å². The molecule has 30 heavy (non-hydrogen) atoms. The lowest BCUT2D eigenvalue weighted by Crippen LogP contribution is -2.03. The lowest BCUT2D eigenvalue weighted by Gasteiger charge is -2.09. The van der Waals surface area contributed by atoms with Crippen molar-refractivity contribution in [3.8, 4) is 5.69 Å². The molecule has 0 unspecified atom stereocenters. The van der Waals surface area contributed by atoms with Crippen LogP contribution in [0.4, 0.5) is 0 Å². The maximum absolute atomic E-state index is 4.69. The number of aromatic nitrogens is 6. The molecule has 0 saturated heterocycles. The number of para-hydroxylation sites is 1. The molecule has 0 aliphatic carbocycles. The van der Waals surface area contributed by atoms with Crippen LogP contribution in [0.5, 0.6) is 0 Å². The predicted octanol–water partition coefficient (Wildman–Crippen LogP) is 4.87. The Balaban J connectivity index is 1.45. The summed E-state index contributed by atoms with van der Waals surface area (Å²) in [6.45, 7) is 4.07. The summed E-state index contributed by atoms with van der Waals surface area (Å²) >= 11 is 3.38. The Labute approximate surface area is 182 Å². The van der Waals surface area contributed by atoms with Gasteiger partial charge in [0.05, 0.1) is 5.69 Å². The van der Waals surface area contributed by atoms with Crippen molar-refractivity contribution < 1.29 is 0 Å². The first-order valence-electron chi connectivity index (χ1n) is 9.64. The molecule has 0 amide bonds. The van der Waals surface area contributed by atoms with Crippen LogP contribution in [0.3, 0.4) is 0 Å². The second kappa shape index (κ2) is 8.04. The molecule has 0 bridgehead atoms. The van der Waals surface area contributed by atoms with Crippen molar-refractivity contribution in [1.29, 1.82) is 0 Å². The number of benzene rings is 1. The molecule has 6 nitrogen and oxygen atoms in total. The summed E-state index contributed by atoms with van der Waals surface area (Å²) in [6.07, 6.45) is 2.82. The molecule has 0 atom stereocenters. The Morgan fingerprint density at radius 3 is 2.67 bits per heavy atom. The fourth-order valence-electron chi connectivity index (χ4n) is 3.44. The van der Waals surface area contributed by atoms with Gasteiger partial charge in [-0.3, -0.25) is 8.97 Å². The van der Waals surface area contributed by atoms with Crippen molar-refractivity contribution in [1.82, 2.24) is 29.1 Å². The second-order valence-corrected chi connectivity index (χ2v) is 9.03. The minimum atomic E-state index is 0.700. The average Bonchev–Trinajstić information content (AvgIpc) is 3.47. The highest BCUT2D eigenvalue weighted by Crippen LogP contribution is 2.27. The Morgan fingerprint density at radius 1 is 1.00 bits per heavy atom. The standard InChI is InChI=1S/C22H20N6S2/c1-15-11-16(2)27-13-17(24-21(27)23-15)14-30-22-26-25-20(12-19-9-6-10-29-19)28(22)18-7-4-3-5-8-18/h3-11,13H,12,14H2,1-2H3. The van der Waals surface area contributed by atoms with Gasteiger partial charge in [0.15, 0.2) is 5.16 Å². The van der Waals surface area contributed by atoms with Gasteiger partial charge in [-0.15, -0.1) is 21.5 Å². The molecule has 0 saturated carbocycles. The number of aryl methyl sites for hydroxylation is 2. The zero-order chi connectivity index (χ0) is 20.5. The zero-order valence-corrected chi connectivity index (χ0v) is 18.3. The highest BCUT2D eigenvalue weighted by Gasteiger charge is 2.16. The molecular weight excluding hydrogens is 412 g/mol. The normalized spacial score (nSPS) is 11.4. The van der Waals surface area contributed by atoms with Crippen LogP contribution >= 0.6 is 23.1 Å². The summed E-state index contributed by atoms with van der Waals surface area (Å²) in [6, 6.07) is 16.5. The van der Waals surface area contributed by atoms with E-state index in [4.69, 9.17) is 4.98 Å². The van der Waals surface area contributed by atoms with Crippen molar-refractivity contribution in [3.05, 3.63) is 87.9 Å². The number of imidazole rings is 1. The summed E-state index contributed by atoms with van der Waals surface area (Å²) in [4.78, 5) is 10.5. The van der Waals surface area contributed by atoms with Gasteiger partial charge in [-0.05, 0) is 43.5 Å². The molecule has 0 aliphatic heterocycles. The van der Waals surface area contributed by atoms with E-state index < -0.39 is 0 Å². The third-order valence-electron chi connectivity index (χ3n) is 4.79. The molecule has 4 heterocycles. The Bertz CT molecular complexity index is 1290. The summed E-state index contributed by atoms with van der Waals surface area (Å²) < 4.78 is 4.18. The van der Waals surface area contributed by atoms with Gasteiger partial charge in [0.2, 0.25) is 5.78 Å². The van der Waals surface area contributed by atoms with Crippen molar-refractivity contribution in [2.45, 2.75) is 31.2 Å². The van der Waals surface area contributed by atoms with E-state index in [1.807, 2.05) is 29.5 Å². The molecule has 0 fully saturated rings. The lowest BCUT2D eigenvalue weighted by atomic mass is 10.3. The third-order valence-corrected chi connectivity index (χ3v) is 6.63. The molecule has 5 rings (SSSR count). The number of rotatable bonds is 6. The minimum absolute atomic E-state index is 0.700. The lowest BCUT2D eigenvalue weighted by molar-refractivity contribution is 0.850. The quantitative estimate of drug-likeness (QED) is 0.358. The van der Waals surface area contributed by atoms with E-state index in [1.165, 1.54) is 4.88 Å². The van der Waals surface area contributed by atoms with Gasteiger partial charge in [0.1, 0.15) is 5.82 Å². The smallest absolute Gasteiger partial charge is 0.234 e. The largest absolute Gasteiger partial charge is 0.288 e. The number of hydrogen-bond acceptors (Lipinski definition) is 6. The van der Waals surface area contributed by atoms with Gasteiger partial charge >= 0.3 is 0 Å². The van der Waals surface area contributed by atoms with Crippen LogP contribution in [0.1, 0.15) is 27.8 Å².